The van der Waals surface area contributed by atoms with E-state index in [-0.39, 0.29) is 5.92 Å². The Morgan fingerprint density at radius 2 is 1.60 bits per heavy atom. The Morgan fingerprint density at radius 1 is 1.00 bits per heavy atom. The van der Waals surface area contributed by atoms with E-state index in [1.54, 1.807) is 0 Å². The zero-order valence-electron chi connectivity index (χ0n) is 13.4. The van der Waals surface area contributed by atoms with E-state index < -0.39 is 11.2 Å². The van der Waals surface area contributed by atoms with Crippen LogP contribution in [-0.4, -0.2) is 52.6 Å². The van der Waals surface area contributed by atoms with Crippen LogP contribution in [0.1, 0.15) is 52.4 Å². The van der Waals surface area contributed by atoms with Gasteiger partial charge in [-0.1, -0.05) is 25.2 Å². The molecule has 3 nitrogen and oxygen atoms in total. The van der Waals surface area contributed by atoms with Gasteiger partial charge in [-0.3, -0.25) is 0 Å². The quantitative estimate of drug-likeness (QED) is 0.526. The molecule has 0 amide bonds. The summed E-state index contributed by atoms with van der Waals surface area (Å²) < 4.78 is 0.926. The Hall–Kier alpha value is -0.560. The second kappa shape index (κ2) is 5.33. The molecule has 1 heterocycles. The third kappa shape index (κ3) is 3.19. The van der Waals surface area contributed by atoms with Gasteiger partial charge in [0.15, 0.2) is 0 Å². The molecule has 2 N–H and O–H groups in total. The number of aliphatic hydroxyl groups is 2. The van der Waals surface area contributed by atoms with Crippen LogP contribution in [-0.2, 0) is 0 Å². The van der Waals surface area contributed by atoms with E-state index >= 15 is 0 Å². The molecule has 1 saturated carbocycles. The van der Waals surface area contributed by atoms with Gasteiger partial charge in [-0.25, -0.2) is 0 Å². The third-order valence-electron chi connectivity index (χ3n) is 5.55. The van der Waals surface area contributed by atoms with E-state index in [0.29, 0.717) is 12.5 Å². The minimum atomic E-state index is -0.944. The van der Waals surface area contributed by atoms with Crippen molar-refractivity contribution in [2.75, 3.05) is 20.6 Å². The topological polar surface area (TPSA) is 40.5 Å². The first kappa shape index (κ1) is 15.8. The number of quaternary nitrogens is 1. The van der Waals surface area contributed by atoms with Crippen molar-refractivity contribution >= 4 is 0 Å². The fraction of sp³-hybridized carbons (Fsp3) is 0.882. The van der Waals surface area contributed by atoms with Gasteiger partial charge in [-0.15, -0.1) is 0 Å². The van der Waals surface area contributed by atoms with Crippen molar-refractivity contribution in [1.29, 1.82) is 0 Å². The van der Waals surface area contributed by atoms with Gasteiger partial charge >= 0.3 is 0 Å². The summed E-state index contributed by atoms with van der Waals surface area (Å²) in [5, 5.41) is 21.4. The molecule has 0 aromatic rings. The largest absolute Gasteiger partial charge is 0.378 e. The van der Waals surface area contributed by atoms with E-state index in [1.165, 1.54) is 6.42 Å². The minimum absolute atomic E-state index is 0.133. The van der Waals surface area contributed by atoms with Crippen LogP contribution < -0.4 is 0 Å². The van der Waals surface area contributed by atoms with Gasteiger partial charge in [0.1, 0.15) is 11.2 Å². The second-order valence-electron chi connectivity index (χ2n) is 7.68. The number of hydrogen-bond donors (Lipinski definition) is 2. The van der Waals surface area contributed by atoms with Gasteiger partial charge in [0, 0.05) is 12.3 Å². The molecular formula is C17H30NO2+. The molecule has 1 aliphatic heterocycles. The lowest BCUT2D eigenvalue weighted by atomic mass is 9.77. The molecule has 0 spiro atoms. The van der Waals surface area contributed by atoms with Crippen molar-refractivity contribution in [2.45, 2.75) is 69.6 Å². The molecule has 2 rings (SSSR count). The van der Waals surface area contributed by atoms with E-state index in [9.17, 15) is 10.2 Å². The van der Waals surface area contributed by atoms with Crippen LogP contribution in [0.15, 0.2) is 0 Å². The fourth-order valence-corrected chi connectivity index (χ4v) is 3.60. The van der Waals surface area contributed by atoms with Gasteiger partial charge in [0.25, 0.3) is 0 Å². The maximum atomic E-state index is 10.9. The van der Waals surface area contributed by atoms with E-state index in [1.807, 2.05) is 0 Å². The highest BCUT2D eigenvalue weighted by Crippen LogP contribution is 2.34. The molecule has 0 radical (unpaired) electrons. The van der Waals surface area contributed by atoms with Crippen LogP contribution in [0, 0.1) is 17.8 Å². The Kier molecular flexibility index (Phi) is 4.22. The van der Waals surface area contributed by atoms with E-state index in [2.05, 4.69) is 39.8 Å². The summed E-state index contributed by atoms with van der Waals surface area (Å²) in [6, 6.07) is 0.381. The van der Waals surface area contributed by atoms with Crippen molar-refractivity contribution in [1.82, 2.24) is 0 Å². The van der Waals surface area contributed by atoms with Crippen molar-refractivity contribution in [2.24, 2.45) is 5.92 Å². The fourth-order valence-electron chi connectivity index (χ4n) is 3.60. The van der Waals surface area contributed by atoms with Crippen molar-refractivity contribution < 1.29 is 14.7 Å². The number of hydrogen-bond acceptors (Lipinski definition) is 2. The molecular weight excluding hydrogens is 250 g/mol. The van der Waals surface area contributed by atoms with Gasteiger partial charge < -0.3 is 14.7 Å². The molecule has 0 bridgehead atoms. The Balaban J connectivity index is 2.15. The van der Waals surface area contributed by atoms with Crippen LogP contribution >= 0.6 is 0 Å². The molecule has 2 fully saturated rings. The first-order valence-electron chi connectivity index (χ1n) is 7.99. The van der Waals surface area contributed by atoms with Crippen molar-refractivity contribution in [3.8, 4) is 11.8 Å². The molecule has 0 aromatic heterocycles. The molecule has 1 aliphatic carbocycles. The third-order valence-corrected chi connectivity index (χ3v) is 5.55. The predicted molar refractivity (Wildman–Crippen MR) is 81.0 cm³/mol. The maximum Gasteiger partial charge on any atom is 0.139 e. The van der Waals surface area contributed by atoms with Crippen LogP contribution in [0.25, 0.3) is 0 Å². The van der Waals surface area contributed by atoms with E-state index in [0.717, 1.165) is 36.7 Å². The van der Waals surface area contributed by atoms with Crippen LogP contribution in [0.3, 0.4) is 0 Å². The Morgan fingerprint density at radius 3 is 2.20 bits per heavy atom. The van der Waals surface area contributed by atoms with Crippen LogP contribution in [0.5, 0.6) is 0 Å². The lowest BCUT2D eigenvalue weighted by Crippen LogP contribution is -2.61. The van der Waals surface area contributed by atoms with Gasteiger partial charge in [-0.05, 0) is 32.6 Å². The monoisotopic (exact) mass is 280 g/mol. The molecule has 20 heavy (non-hydrogen) atoms. The summed E-state index contributed by atoms with van der Waals surface area (Å²) in [5.74, 6) is 6.24. The van der Waals surface area contributed by atoms with Crippen LogP contribution in [0.2, 0.25) is 0 Å². The summed E-state index contributed by atoms with van der Waals surface area (Å²) in [4.78, 5) is 0. The van der Waals surface area contributed by atoms with Gasteiger partial charge in [0.2, 0.25) is 0 Å². The number of piperidine rings is 1. The standard InChI is InChI=1S/C17H30NO2/c1-14-13-18(3,4)15(2)12-17(14,20)11-10-16(19)8-6-5-7-9-16/h14-15,19-20H,5-9,12-13H2,1-4H3/q+1. The first-order chi connectivity index (χ1) is 9.17. The lowest BCUT2D eigenvalue weighted by Gasteiger charge is -2.48. The maximum absolute atomic E-state index is 10.9. The smallest absolute Gasteiger partial charge is 0.139 e. The highest BCUT2D eigenvalue weighted by Gasteiger charge is 2.46. The summed E-state index contributed by atoms with van der Waals surface area (Å²) in [6.07, 6.45) is 5.46. The molecule has 3 heteroatoms. The predicted octanol–water partition coefficient (Wildman–Crippen LogP) is 1.92. The summed E-state index contributed by atoms with van der Waals surface area (Å²) in [7, 11) is 4.42. The average Bonchev–Trinajstić information content (AvgIpc) is 2.35. The molecule has 3 unspecified atom stereocenters. The van der Waals surface area contributed by atoms with Gasteiger partial charge in [0.05, 0.1) is 26.7 Å². The number of nitrogens with zero attached hydrogens (tertiary/aromatic N) is 1. The Labute approximate surface area is 123 Å². The summed E-state index contributed by atoms with van der Waals surface area (Å²) in [5.41, 5.74) is -1.81. The zero-order chi connectivity index (χ0) is 15.0. The SMILES string of the molecule is CC1C[N+](C)(C)C(C)CC1(O)C#CC1(O)CCCCC1. The summed E-state index contributed by atoms with van der Waals surface area (Å²) in [6.45, 7) is 5.17. The lowest BCUT2D eigenvalue weighted by molar-refractivity contribution is -0.923. The average molecular weight is 280 g/mol. The van der Waals surface area contributed by atoms with E-state index in [4.69, 9.17) is 0 Å². The van der Waals surface area contributed by atoms with Gasteiger partial charge in [-0.2, -0.15) is 0 Å². The molecule has 2 aliphatic rings. The number of rotatable bonds is 0. The highest BCUT2D eigenvalue weighted by atomic mass is 16.3. The normalized spacial score (nSPS) is 39.7. The minimum Gasteiger partial charge on any atom is -0.378 e. The molecule has 3 atom stereocenters. The Bertz CT molecular complexity index is 414. The molecule has 1 saturated heterocycles. The van der Waals surface area contributed by atoms with Crippen LogP contribution in [0.4, 0.5) is 0 Å². The van der Waals surface area contributed by atoms with Crippen molar-refractivity contribution in [3.63, 3.8) is 0 Å². The zero-order valence-corrected chi connectivity index (χ0v) is 13.4. The first-order valence-corrected chi connectivity index (χ1v) is 7.99. The highest BCUT2D eigenvalue weighted by molar-refractivity contribution is 5.23. The van der Waals surface area contributed by atoms with Crippen molar-refractivity contribution in [3.05, 3.63) is 0 Å². The summed E-state index contributed by atoms with van der Waals surface area (Å²) >= 11 is 0. The number of likely N-dealkylation sites (tertiary alicyclic amines) is 1. The molecule has 0 aromatic carbocycles. The molecule has 114 valence electrons. The second-order valence-corrected chi connectivity index (χ2v) is 7.68.